The third kappa shape index (κ3) is 5.31. The molecule has 2 fully saturated rings. The van der Waals surface area contributed by atoms with Crippen molar-refractivity contribution in [3.05, 3.63) is 52.6 Å². The Bertz CT molecular complexity index is 964. The number of carbonyl (C=O) groups is 2. The van der Waals surface area contributed by atoms with Crippen LogP contribution in [-0.4, -0.2) is 46.7 Å². The first kappa shape index (κ1) is 21.5. The number of rotatable bonds is 7. The normalized spacial score (nSPS) is 21.0. The number of aromatic nitrogens is 2. The number of halogens is 2. The molecule has 2 aliphatic rings. The van der Waals surface area contributed by atoms with E-state index in [0.29, 0.717) is 35.3 Å². The summed E-state index contributed by atoms with van der Waals surface area (Å²) in [6.45, 7) is 2.09. The topological polar surface area (TPSA) is 92.6 Å². The molecule has 0 unspecified atom stereocenters. The average Bonchev–Trinajstić information content (AvgIpc) is 3.53. The van der Waals surface area contributed by atoms with Gasteiger partial charge in [-0.1, -0.05) is 17.7 Å². The van der Waals surface area contributed by atoms with Gasteiger partial charge in [0.2, 0.25) is 5.95 Å². The fourth-order valence-electron chi connectivity index (χ4n) is 4.28. The molecular formula is C22H23ClFN3O4. The maximum Gasteiger partial charge on any atom is 0.338 e. The van der Waals surface area contributed by atoms with Gasteiger partial charge in [0.1, 0.15) is 5.82 Å². The zero-order valence-corrected chi connectivity index (χ0v) is 17.6. The Labute approximate surface area is 184 Å². The molecule has 9 heteroatoms. The zero-order valence-electron chi connectivity index (χ0n) is 16.8. The first-order valence-corrected chi connectivity index (χ1v) is 10.7. The molecule has 7 nitrogen and oxygen atoms in total. The summed E-state index contributed by atoms with van der Waals surface area (Å²) in [7, 11) is 0. The van der Waals surface area contributed by atoms with E-state index in [-0.39, 0.29) is 11.1 Å². The van der Waals surface area contributed by atoms with Crippen LogP contribution < -0.4 is 4.90 Å². The van der Waals surface area contributed by atoms with Crippen LogP contribution in [0.15, 0.2) is 30.6 Å². The smallest absolute Gasteiger partial charge is 0.338 e. The average molecular weight is 448 g/mol. The summed E-state index contributed by atoms with van der Waals surface area (Å²) in [5.74, 6) is -0.260. The first-order chi connectivity index (χ1) is 14.9. The lowest BCUT2D eigenvalue weighted by atomic mass is 9.91. The van der Waals surface area contributed by atoms with Crippen molar-refractivity contribution in [3.63, 3.8) is 0 Å². The molecule has 1 aliphatic heterocycles. The molecule has 2 heterocycles. The number of carboxylic acid groups (broad SMARTS) is 1. The van der Waals surface area contributed by atoms with Crippen LogP contribution >= 0.6 is 11.6 Å². The van der Waals surface area contributed by atoms with E-state index in [9.17, 15) is 14.0 Å². The minimum Gasteiger partial charge on any atom is -0.481 e. The first-order valence-electron chi connectivity index (χ1n) is 10.3. The fourth-order valence-corrected chi connectivity index (χ4v) is 4.38. The number of benzene rings is 1. The Morgan fingerprint density at radius 3 is 2.58 bits per heavy atom. The molecular weight excluding hydrogens is 425 g/mol. The van der Waals surface area contributed by atoms with Crippen molar-refractivity contribution in [1.29, 1.82) is 0 Å². The number of nitrogens with zero attached hydrogens (tertiary/aromatic N) is 3. The summed E-state index contributed by atoms with van der Waals surface area (Å²) in [5, 5.41) is 9.29. The second-order valence-corrected chi connectivity index (χ2v) is 8.60. The second-order valence-electron chi connectivity index (χ2n) is 8.16. The SMILES string of the molecule is O=C(O)Cc1ccc(C(=O)OC[C@@H]2C[C@@H]2C2CCN(c3ncc(Cl)cn3)CC2)cc1F. The van der Waals surface area contributed by atoms with Crippen molar-refractivity contribution in [2.45, 2.75) is 25.7 Å². The summed E-state index contributed by atoms with van der Waals surface area (Å²) in [6, 6.07) is 3.76. The van der Waals surface area contributed by atoms with Crippen LogP contribution in [0.3, 0.4) is 0 Å². The molecule has 1 aromatic carbocycles. The number of esters is 1. The number of ether oxygens (including phenoxy) is 1. The van der Waals surface area contributed by atoms with Crippen LogP contribution in [0.4, 0.5) is 10.3 Å². The predicted molar refractivity (Wildman–Crippen MR) is 112 cm³/mol. The maximum atomic E-state index is 14.0. The van der Waals surface area contributed by atoms with Gasteiger partial charge in [0.05, 0.1) is 36.0 Å². The van der Waals surface area contributed by atoms with Crippen molar-refractivity contribution in [3.8, 4) is 0 Å². The lowest BCUT2D eigenvalue weighted by Gasteiger charge is -2.32. The third-order valence-corrected chi connectivity index (χ3v) is 6.27. The van der Waals surface area contributed by atoms with E-state index in [1.165, 1.54) is 12.1 Å². The number of hydrogen-bond acceptors (Lipinski definition) is 6. The highest BCUT2D eigenvalue weighted by Crippen LogP contribution is 2.48. The molecule has 2 atom stereocenters. The quantitative estimate of drug-likeness (QED) is 0.648. The van der Waals surface area contributed by atoms with Crippen molar-refractivity contribution in [2.75, 3.05) is 24.6 Å². The molecule has 0 spiro atoms. The molecule has 1 aromatic heterocycles. The molecule has 1 saturated carbocycles. The van der Waals surface area contributed by atoms with Crippen molar-refractivity contribution in [1.82, 2.24) is 9.97 Å². The Morgan fingerprint density at radius 2 is 1.94 bits per heavy atom. The number of carboxylic acids is 1. The molecule has 0 radical (unpaired) electrons. The van der Waals surface area contributed by atoms with Crippen molar-refractivity contribution < 1.29 is 23.8 Å². The van der Waals surface area contributed by atoms with Gasteiger partial charge in [-0.05, 0) is 54.7 Å². The lowest BCUT2D eigenvalue weighted by Crippen LogP contribution is -2.35. The summed E-state index contributed by atoms with van der Waals surface area (Å²) >= 11 is 5.84. The van der Waals surface area contributed by atoms with E-state index in [1.54, 1.807) is 12.4 Å². The van der Waals surface area contributed by atoms with Crippen LogP contribution in [-0.2, 0) is 16.0 Å². The Kier molecular flexibility index (Phi) is 6.36. The van der Waals surface area contributed by atoms with Gasteiger partial charge < -0.3 is 14.7 Å². The van der Waals surface area contributed by atoms with Gasteiger partial charge in [-0.2, -0.15) is 0 Å². The van der Waals surface area contributed by atoms with Gasteiger partial charge in [0, 0.05) is 13.1 Å². The van der Waals surface area contributed by atoms with E-state index in [4.69, 9.17) is 21.4 Å². The van der Waals surface area contributed by atoms with Crippen LogP contribution in [0.25, 0.3) is 0 Å². The number of anilines is 1. The Balaban J connectivity index is 1.22. The minimum absolute atomic E-state index is 0.0432. The Hall–Kier alpha value is -2.74. The third-order valence-electron chi connectivity index (χ3n) is 6.07. The van der Waals surface area contributed by atoms with E-state index < -0.39 is 24.2 Å². The van der Waals surface area contributed by atoms with Gasteiger partial charge in [-0.25, -0.2) is 19.2 Å². The molecule has 1 N–H and O–H groups in total. The van der Waals surface area contributed by atoms with Crippen LogP contribution in [0.5, 0.6) is 0 Å². The fraction of sp³-hybridized carbons (Fsp3) is 0.455. The van der Waals surface area contributed by atoms with Crippen LogP contribution in [0, 0.1) is 23.6 Å². The van der Waals surface area contributed by atoms with Crippen LogP contribution in [0.1, 0.15) is 35.2 Å². The molecule has 164 valence electrons. The maximum absolute atomic E-state index is 14.0. The van der Waals surface area contributed by atoms with Gasteiger partial charge >= 0.3 is 11.9 Å². The molecule has 4 rings (SSSR count). The van der Waals surface area contributed by atoms with Gasteiger partial charge in [0.25, 0.3) is 0 Å². The highest BCUT2D eigenvalue weighted by Gasteiger charge is 2.44. The summed E-state index contributed by atoms with van der Waals surface area (Å²) < 4.78 is 19.4. The second kappa shape index (κ2) is 9.18. The van der Waals surface area contributed by atoms with Crippen molar-refractivity contribution >= 4 is 29.5 Å². The predicted octanol–water partition coefficient (Wildman–Crippen LogP) is 3.61. The molecule has 2 aromatic rings. The lowest BCUT2D eigenvalue weighted by molar-refractivity contribution is -0.136. The molecule has 1 aliphatic carbocycles. The summed E-state index contributed by atoms with van der Waals surface area (Å²) in [6.07, 6.45) is 5.89. The van der Waals surface area contributed by atoms with Gasteiger partial charge in [0.15, 0.2) is 0 Å². The van der Waals surface area contributed by atoms with E-state index in [0.717, 1.165) is 38.4 Å². The highest BCUT2D eigenvalue weighted by atomic mass is 35.5. The number of piperidine rings is 1. The minimum atomic E-state index is -1.12. The summed E-state index contributed by atoms with van der Waals surface area (Å²) in [5.41, 5.74) is 0.141. The number of carbonyl (C=O) groups excluding carboxylic acids is 1. The Morgan fingerprint density at radius 1 is 1.23 bits per heavy atom. The zero-order chi connectivity index (χ0) is 22.0. The molecule has 0 bridgehead atoms. The highest BCUT2D eigenvalue weighted by molar-refractivity contribution is 6.30. The van der Waals surface area contributed by atoms with Gasteiger partial charge in [-0.3, -0.25) is 4.79 Å². The molecule has 31 heavy (non-hydrogen) atoms. The van der Waals surface area contributed by atoms with Crippen LogP contribution in [0.2, 0.25) is 5.02 Å². The van der Waals surface area contributed by atoms with E-state index >= 15 is 0 Å². The van der Waals surface area contributed by atoms with Gasteiger partial charge in [-0.15, -0.1) is 0 Å². The molecule has 0 amide bonds. The summed E-state index contributed by atoms with van der Waals surface area (Å²) in [4.78, 5) is 33.7. The standard InChI is InChI=1S/C22H23ClFN3O4/c23-17-10-25-22(26-11-17)27-5-3-13(4-6-27)18-7-16(18)12-31-21(30)15-2-1-14(9-20(28)29)19(24)8-15/h1-2,8,10-11,13,16,18H,3-7,9,12H2,(H,28,29)/t16-,18+/m0/s1. The number of aliphatic carboxylic acids is 1. The monoisotopic (exact) mass is 447 g/mol. The van der Waals surface area contributed by atoms with E-state index in [1.807, 2.05) is 0 Å². The largest absolute Gasteiger partial charge is 0.481 e. The number of hydrogen-bond donors (Lipinski definition) is 1. The van der Waals surface area contributed by atoms with E-state index in [2.05, 4.69) is 14.9 Å². The molecule has 1 saturated heterocycles. The van der Waals surface area contributed by atoms with Crippen molar-refractivity contribution in [2.24, 2.45) is 17.8 Å².